The number of nitrogens with one attached hydrogen (secondary N) is 1. The molecular weight excluding hydrogens is 311 g/mol. The first-order valence-electron chi connectivity index (χ1n) is 6.37. The molecule has 0 atom stereocenters. The van der Waals surface area contributed by atoms with E-state index in [1.807, 2.05) is 0 Å². The van der Waals surface area contributed by atoms with Crippen LogP contribution in [0.2, 0.25) is 0 Å². The predicted molar refractivity (Wildman–Crippen MR) is 82.1 cm³/mol. The van der Waals surface area contributed by atoms with Crippen molar-refractivity contribution in [3.05, 3.63) is 52.0 Å². The lowest BCUT2D eigenvalue weighted by atomic mass is 10.2. The third kappa shape index (κ3) is 3.68. The summed E-state index contributed by atoms with van der Waals surface area (Å²) in [4.78, 5) is 1.07. The molecule has 0 spiro atoms. The van der Waals surface area contributed by atoms with E-state index in [4.69, 9.17) is 0 Å². The van der Waals surface area contributed by atoms with E-state index < -0.39 is 10.0 Å². The van der Waals surface area contributed by atoms with Crippen molar-refractivity contribution in [1.82, 2.24) is 9.62 Å². The van der Waals surface area contributed by atoms with Crippen molar-refractivity contribution in [3.8, 4) is 0 Å². The van der Waals surface area contributed by atoms with Gasteiger partial charge in [0.15, 0.2) is 0 Å². The Bertz CT molecular complexity index is 713. The first-order valence-corrected chi connectivity index (χ1v) is 8.69. The van der Waals surface area contributed by atoms with Crippen molar-refractivity contribution >= 4 is 21.4 Å². The lowest BCUT2D eigenvalue weighted by molar-refractivity contribution is 0.465. The quantitative estimate of drug-likeness (QED) is 0.886. The van der Waals surface area contributed by atoms with E-state index in [9.17, 15) is 12.8 Å². The molecule has 0 amide bonds. The van der Waals surface area contributed by atoms with E-state index in [-0.39, 0.29) is 12.4 Å². The first-order chi connectivity index (χ1) is 9.95. The maximum atomic E-state index is 13.2. The number of sulfonamides is 1. The molecule has 0 bridgehead atoms. The van der Waals surface area contributed by atoms with E-state index >= 15 is 0 Å². The lowest BCUT2D eigenvalue weighted by Crippen LogP contribution is -2.27. The maximum absolute atomic E-state index is 13.2. The van der Waals surface area contributed by atoms with Gasteiger partial charge in [0.05, 0.1) is 4.90 Å². The molecule has 7 heteroatoms. The Morgan fingerprint density at radius 3 is 2.76 bits per heavy atom. The lowest BCUT2D eigenvalue weighted by Gasteiger charge is -2.17. The van der Waals surface area contributed by atoms with E-state index in [2.05, 4.69) is 5.32 Å². The minimum Gasteiger partial charge on any atom is -0.315 e. The summed E-state index contributed by atoms with van der Waals surface area (Å²) >= 11 is 1.40. The van der Waals surface area contributed by atoms with Crippen LogP contribution in [0.3, 0.4) is 0 Å². The highest BCUT2D eigenvalue weighted by Gasteiger charge is 2.24. The average Bonchev–Trinajstić information content (AvgIpc) is 2.88. The van der Waals surface area contributed by atoms with Gasteiger partial charge in [-0.2, -0.15) is 4.31 Å². The molecule has 114 valence electrons. The number of benzene rings is 1. The van der Waals surface area contributed by atoms with Gasteiger partial charge in [0.1, 0.15) is 5.82 Å². The van der Waals surface area contributed by atoms with Crippen LogP contribution in [0, 0.1) is 5.82 Å². The summed E-state index contributed by atoms with van der Waals surface area (Å²) < 4.78 is 39.6. The fourth-order valence-electron chi connectivity index (χ4n) is 1.99. The topological polar surface area (TPSA) is 49.4 Å². The van der Waals surface area contributed by atoms with E-state index in [0.29, 0.717) is 17.0 Å². The molecule has 1 heterocycles. The second kappa shape index (κ2) is 6.65. The Balaban J connectivity index is 2.24. The van der Waals surface area contributed by atoms with Gasteiger partial charge in [-0.1, -0.05) is 12.1 Å². The zero-order valence-electron chi connectivity index (χ0n) is 11.8. The highest BCUT2D eigenvalue weighted by Crippen LogP contribution is 2.25. The third-order valence-corrected chi connectivity index (χ3v) is 5.96. The van der Waals surface area contributed by atoms with Gasteiger partial charge in [-0.15, -0.1) is 11.3 Å². The molecule has 0 radical (unpaired) electrons. The predicted octanol–water partition coefficient (Wildman–Crippen LogP) is 2.43. The summed E-state index contributed by atoms with van der Waals surface area (Å²) in [6, 6.07) is 7.56. The highest BCUT2D eigenvalue weighted by molar-refractivity contribution is 7.89. The summed E-state index contributed by atoms with van der Waals surface area (Å²) in [5.41, 5.74) is 0.617. The second-order valence-corrected chi connectivity index (χ2v) is 7.64. The molecule has 0 unspecified atom stereocenters. The molecule has 1 aromatic heterocycles. The van der Waals surface area contributed by atoms with Gasteiger partial charge < -0.3 is 5.32 Å². The molecule has 0 aliphatic carbocycles. The van der Waals surface area contributed by atoms with Crippen LogP contribution >= 0.6 is 11.3 Å². The highest BCUT2D eigenvalue weighted by atomic mass is 32.2. The van der Waals surface area contributed by atoms with Crippen LogP contribution in [-0.4, -0.2) is 26.8 Å². The first kappa shape index (κ1) is 16.1. The van der Waals surface area contributed by atoms with Crippen LogP contribution in [0.15, 0.2) is 40.6 Å². The zero-order chi connectivity index (χ0) is 15.5. The van der Waals surface area contributed by atoms with Gasteiger partial charge in [0.2, 0.25) is 10.0 Å². The summed E-state index contributed by atoms with van der Waals surface area (Å²) in [7, 11) is -0.307. The summed E-state index contributed by atoms with van der Waals surface area (Å²) in [5.74, 6) is -0.371. The number of halogens is 1. The molecule has 0 aliphatic heterocycles. The maximum Gasteiger partial charge on any atom is 0.244 e. The molecule has 1 aromatic carbocycles. The van der Waals surface area contributed by atoms with Gasteiger partial charge >= 0.3 is 0 Å². The SMILES string of the molecule is CNCc1sccc1S(=O)(=O)N(C)Cc1cccc(F)c1. The number of hydrogen-bond donors (Lipinski definition) is 1. The van der Waals surface area contributed by atoms with E-state index in [0.717, 1.165) is 4.88 Å². The standard InChI is InChI=1S/C14H17FN2O2S2/c1-16-9-13-14(6-7-20-13)21(18,19)17(2)10-11-4-3-5-12(15)8-11/h3-8,16H,9-10H2,1-2H3. The Kier molecular flexibility index (Phi) is 5.10. The van der Waals surface area contributed by atoms with Crippen LogP contribution in [0.4, 0.5) is 4.39 Å². The average molecular weight is 328 g/mol. The van der Waals surface area contributed by atoms with Crippen molar-refractivity contribution in [2.24, 2.45) is 0 Å². The summed E-state index contributed by atoms with van der Waals surface area (Å²) in [6.07, 6.45) is 0. The molecule has 0 saturated heterocycles. The largest absolute Gasteiger partial charge is 0.315 e. The van der Waals surface area contributed by atoms with Crippen LogP contribution < -0.4 is 5.32 Å². The molecule has 2 rings (SSSR count). The number of rotatable bonds is 6. The Morgan fingerprint density at radius 2 is 2.10 bits per heavy atom. The fraction of sp³-hybridized carbons (Fsp3) is 0.286. The van der Waals surface area contributed by atoms with Gasteiger partial charge in [-0.05, 0) is 36.2 Å². The van der Waals surface area contributed by atoms with Crippen molar-refractivity contribution in [2.75, 3.05) is 14.1 Å². The third-order valence-electron chi connectivity index (χ3n) is 3.02. The Morgan fingerprint density at radius 1 is 1.33 bits per heavy atom. The van der Waals surface area contributed by atoms with Crippen LogP contribution in [0.1, 0.15) is 10.4 Å². The van der Waals surface area contributed by atoms with Crippen LogP contribution in [-0.2, 0) is 23.1 Å². The number of nitrogens with zero attached hydrogens (tertiary/aromatic N) is 1. The molecular formula is C14H17FN2O2S2. The van der Waals surface area contributed by atoms with Gasteiger partial charge in [0, 0.05) is 25.0 Å². The smallest absolute Gasteiger partial charge is 0.244 e. The van der Waals surface area contributed by atoms with Gasteiger partial charge in [-0.25, -0.2) is 12.8 Å². The molecule has 0 aliphatic rings. The van der Waals surface area contributed by atoms with E-state index in [1.165, 1.54) is 34.8 Å². The van der Waals surface area contributed by atoms with Crippen molar-refractivity contribution in [2.45, 2.75) is 18.0 Å². The number of thiophene rings is 1. The van der Waals surface area contributed by atoms with Crippen molar-refractivity contribution in [1.29, 1.82) is 0 Å². The molecule has 1 N–H and O–H groups in total. The Labute approximate surface area is 128 Å². The summed E-state index contributed by atoms with van der Waals surface area (Å²) in [5, 5.41) is 4.72. The second-order valence-electron chi connectivity index (χ2n) is 4.63. The summed E-state index contributed by atoms with van der Waals surface area (Å²) in [6.45, 7) is 0.634. The minimum atomic E-state index is -3.58. The van der Waals surface area contributed by atoms with Gasteiger partial charge in [-0.3, -0.25) is 0 Å². The van der Waals surface area contributed by atoms with Crippen LogP contribution in [0.5, 0.6) is 0 Å². The van der Waals surface area contributed by atoms with Crippen LogP contribution in [0.25, 0.3) is 0 Å². The molecule has 0 fully saturated rings. The molecule has 2 aromatic rings. The Hall–Kier alpha value is -1.28. The van der Waals surface area contributed by atoms with Crippen molar-refractivity contribution < 1.29 is 12.8 Å². The number of hydrogen-bond acceptors (Lipinski definition) is 4. The molecule has 21 heavy (non-hydrogen) atoms. The monoisotopic (exact) mass is 328 g/mol. The normalized spacial score (nSPS) is 12.0. The minimum absolute atomic E-state index is 0.134. The van der Waals surface area contributed by atoms with Crippen molar-refractivity contribution in [3.63, 3.8) is 0 Å². The fourth-order valence-corrected chi connectivity index (χ4v) is 4.57. The zero-order valence-corrected chi connectivity index (χ0v) is 13.5. The van der Waals surface area contributed by atoms with E-state index in [1.54, 1.807) is 30.6 Å². The van der Waals surface area contributed by atoms with Gasteiger partial charge in [0.25, 0.3) is 0 Å². The molecule has 0 saturated carbocycles. The molecule has 4 nitrogen and oxygen atoms in total.